The van der Waals surface area contributed by atoms with Crippen LogP contribution < -0.4 is 0 Å². The van der Waals surface area contributed by atoms with Crippen molar-refractivity contribution in [1.82, 2.24) is 4.90 Å². The maximum absolute atomic E-state index is 13.7. The van der Waals surface area contributed by atoms with Crippen molar-refractivity contribution >= 4 is 0 Å². The highest BCUT2D eigenvalue weighted by atomic mass is 19.1. The van der Waals surface area contributed by atoms with Gasteiger partial charge in [-0.25, -0.2) is 4.39 Å². The van der Waals surface area contributed by atoms with Crippen molar-refractivity contribution in [1.29, 1.82) is 0 Å². The van der Waals surface area contributed by atoms with E-state index in [1.165, 1.54) is 6.42 Å². The number of rotatable bonds is 2. The maximum Gasteiger partial charge on any atom is 0.127 e. The molecule has 1 fully saturated rings. The van der Waals surface area contributed by atoms with E-state index >= 15 is 0 Å². The molecule has 1 heterocycles. The third-order valence-electron chi connectivity index (χ3n) is 3.22. The molecule has 2 rings (SSSR count). The van der Waals surface area contributed by atoms with Gasteiger partial charge in [0.1, 0.15) is 5.82 Å². The fraction of sp³-hybridized carbons (Fsp3) is 0.538. The summed E-state index contributed by atoms with van der Waals surface area (Å²) in [5, 5.41) is 0. The number of hydrogen-bond acceptors (Lipinski definition) is 1. The molecule has 0 N–H and O–H groups in total. The number of benzene rings is 1. The lowest BCUT2D eigenvalue weighted by atomic mass is 10.0. The Morgan fingerprint density at radius 2 is 2.07 bits per heavy atom. The second-order valence-corrected chi connectivity index (χ2v) is 4.51. The van der Waals surface area contributed by atoms with E-state index in [4.69, 9.17) is 0 Å². The SMILES string of the molecule is CC(C)N1CCCC1c1ccccc1F. The largest absolute Gasteiger partial charge is 0.294 e. The Morgan fingerprint density at radius 3 is 2.73 bits per heavy atom. The van der Waals surface area contributed by atoms with E-state index < -0.39 is 0 Å². The molecule has 1 nitrogen and oxygen atoms in total. The van der Waals surface area contributed by atoms with E-state index in [0.717, 1.165) is 18.5 Å². The molecule has 1 aromatic carbocycles. The van der Waals surface area contributed by atoms with Crippen LogP contribution in [0.3, 0.4) is 0 Å². The molecule has 1 aliphatic rings. The third-order valence-corrected chi connectivity index (χ3v) is 3.22. The molecular weight excluding hydrogens is 189 g/mol. The van der Waals surface area contributed by atoms with Gasteiger partial charge in [0.05, 0.1) is 0 Å². The van der Waals surface area contributed by atoms with Crippen molar-refractivity contribution in [3.63, 3.8) is 0 Å². The van der Waals surface area contributed by atoms with Crippen LogP contribution in [-0.4, -0.2) is 17.5 Å². The Bertz CT molecular complexity index is 335. The Morgan fingerprint density at radius 1 is 1.33 bits per heavy atom. The van der Waals surface area contributed by atoms with Crippen LogP contribution in [0.4, 0.5) is 4.39 Å². The van der Waals surface area contributed by atoms with Gasteiger partial charge in [0.25, 0.3) is 0 Å². The van der Waals surface area contributed by atoms with E-state index in [9.17, 15) is 4.39 Å². The lowest BCUT2D eigenvalue weighted by Gasteiger charge is -2.28. The summed E-state index contributed by atoms with van der Waals surface area (Å²) in [7, 11) is 0. The maximum atomic E-state index is 13.7. The average molecular weight is 207 g/mol. The Kier molecular flexibility index (Phi) is 3.06. The van der Waals surface area contributed by atoms with E-state index in [2.05, 4.69) is 18.7 Å². The topological polar surface area (TPSA) is 3.24 Å². The molecule has 15 heavy (non-hydrogen) atoms. The van der Waals surface area contributed by atoms with Gasteiger partial charge in [0.2, 0.25) is 0 Å². The third kappa shape index (κ3) is 2.05. The molecule has 1 unspecified atom stereocenters. The second-order valence-electron chi connectivity index (χ2n) is 4.51. The lowest BCUT2D eigenvalue weighted by molar-refractivity contribution is 0.202. The Labute approximate surface area is 90.9 Å². The van der Waals surface area contributed by atoms with Crippen molar-refractivity contribution in [2.24, 2.45) is 0 Å². The predicted octanol–water partition coefficient (Wildman–Crippen LogP) is 3.37. The van der Waals surface area contributed by atoms with Crippen LogP contribution in [0.1, 0.15) is 38.3 Å². The minimum absolute atomic E-state index is 0.0601. The van der Waals surface area contributed by atoms with Crippen LogP contribution in [0.15, 0.2) is 24.3 Å². The van der Waals surface area contributed by atoms with Gasteiger partial charge in [-0.2, -0.15) is 0 Å². The Hall–Kier alpha value is -0.890. The molecule has 1 saturated heterocycles. The molecule has 0 bridgehead atoms. The van der Waals surface area contributed by atoms with Crippen molar-refractivity contribution < 1.29 is 4.39 Å². The smallest absolute Gasteiger partial charge is 0.127 e. The number of halogens is 1. The minimum Gasteiger partial charge on any atom is -0.294 e. The van der Waals surface area contributed by atoms with E-state index in [1.54, 1.807) is 12.1 Å². The van der Waals surface area contributed by atoms with Gasteiger partial charge in [0.15, 0.2) is 0 Å². The van der Waals surface area contributed by atoms with Crippen LogP contribution in [-0.2, 0) is 0 Å². The highest BCUT2D eigenvalue weighted by Crippen LogP contribution is 2.34. The zero-order valence-electron chi connectivity index (χ0n) is 9.41. The fourth-order valence-electron chi connectivity index (χ4n) is 2.49. The molecule has 0 amide bonds. The summed E-state index contributed by atoms with van der Waals surface area (Å²) in [4.78, 5) is 2.39. The molecule has 0 aromatic heterocycles. The van der Waals surface area contributed by atoms with E-state index in [0.29, 0.717) is 6.04 Å². The molecular formula is C13H18FN. The summed E-state index contributed by atoms with van der Waals surface area (Å²) in [6.45, 7) is 5.45. The highest BCUT2D eigenvalue weighted by Gasteiger charge is 2.29. The van der Waals surface area contributed by atoms with Crippen molar-refractivity contribution in [3.8, 4) is 0 Å². The average Bonchev–Trinajstić information content (AvgIpc) is 2.67. The normalized spacial score (nSPS) is 22.5. The lowest BCUT2D eigenvalue weighted by Crippen LogP contribution is -2.30. The number of nitrogens with zero attached hydrogens (tertiary/aromatic N) is 1. The zero-order valence-corrected chi connectivity index (χ0v) is 9.41. The van der Waals surface area contributed by atoms with Gasteiger partial charge in [-0.3, -0.25) is 4.90 Å². The first-order chi connectivity index (χ1) is 7.20. The van der Waals surface area contributed by atoms with Gasteiger partial charge >= 0.3 is 0 Å². The molecule has 0 spiro atoms. The zero-order chi connectivity index (χ0) is 10.8. The number of likely N-dealkylation sites (tertiary alicyclic amines) is 1. The second kappa shape index (κ2) is 4.31. The van der Waals surface area contributed by atoms with Crippen LogP contribution in [0, 0.1) is 5.82 Å². The molecule has 1 aromatic rings. The van der Waals surface area contributed by atoms with Crippen molar-refractivity contribution in [2.45, 2.75) is 38.8 Å². The first-order valence-corrected chi connectivity index (χ1v) is 5.70. The summed E-state index contributed by atoms with van der Waals surface area (Å²) < 4.78 is 13.7. The summed E-state index contributed by atoms with van der Waals surface area (Å²) in [5.41, 5.74) is 0.865. The van der Waals surface area contributed by atoms with E-state index in [1.807, 2.05) is 12.1 Å². The van der Waals surface area contributed by atoms with Gasteiger partial charge in [-0.05, 0) is 39.3 Å². The van der Waals surface area contributed by atoms with Crippen molar-refractivity contribution in [2.75, 3.05) is 6.54 Å². The first kappa shape index (κ1) is 10.6. The predicted molar refractivity (Wildman–Crippen MR) is 60.2 cm³/mol. The molecule has 0 radical (unpaired) electrons. The Balaban J connectivity index is 2.27. The summed E-state index contributed by atoms with van der Waals surface area (Å²) >= 11 is 0. The van der Waals surface area contributed by atoms with Gasteiger partial charge in [0, 0.05) is 17.6 Å². The quantitative estimate of drug-likeness (QED) is 0.718. The minimum atomic E-state index is -0.0601. The molecule has 1 atom stereocenters. The number of hydrogen-bond donors (Lipinski definition) is 0. The highest BCUT2D eigenvalue weighted by molar-refractivity contribution is 5.22. The molecule has 82 valence electrons. The van der Waals surface area contributed by atoms with Crippen molar-refractivity contribution in [3.05, 3.63) is 35.6 Å². The molecule has 0 saturated carbocycles. The van der Waals surface area contributed by atoms with Crippen LogP contribution in [0.2, 0.25) is 0 Å². The van der Waals surface area contributed by atoms with Crippen LogP contribution in [0.5, 0.6) is 0 Å². The summed E-state index contributed by atoms with van der Waals surface area (Å²) in [6.07, 6.45) is 2.26. The fourth-order valence-corrected chi connectivity index (χ4v) is 2.49. The summed E-state index contributed by atoms with van der Waals surface area (Å²) in [5.74, 6) is -0.0601. The molecule has 0 aliphatic carbocycles. The van der Waals surface area contributed by atoms with Gasteiger partial charge < -0.3 is 0 Å². The monoisotopic (exact) mass is 207 g/mol. The van der Waals surface area contributed by atoms with Crippen LogP contribution in [0.25, 0.3) is 0 Å². The molecule has 1 aliphatic heterocycles. The van der Waals surface area contributed by atoms with Crippen LogP contribution >= 0.6 is 0 Å². The van der Waals surface area contributed by atoms with Gasteiger partial charge in [-0.1, -0.05) is 18.2 Å². The standard InChI is InChI=1S/C13H18FN/c1-10(2)15-9-5-8-13(15)11-6-3-4-7-12(11)14/h3-4,6-7,10,13H,5,8-9H2,1-2H3. The first-order valence-electron chi connectivity index (χ1n) is 5.70. The van der Waals surface area contributed by atoms with E-state index in [-0.39, 0.29) is 11.9 Å². The summed E-state index contributed by atoms with van der Waals surface area (Å²) in [6, 6.07) is 7.94. The molecule has 2 heteroatoms. The van der Waals surface area contributed by atoms with Gasteiger partial charge in [-0.15, -0.1) is 0 Å².